The van der Waals surface area contributed by atoms with E-state index >= 15 is 0 Å². The maximum absolute atomic E-state index is 9.65. The van der Waals surface area contributed by atoms with Crippen LogP contribution in [0.4, 0.5) is 5.69 Å². The largest absolute Gasteiger partial charge is 0.480 e. The molecule has 2 aromatic rings. The number of hydrogen-bond acceptors (Lipinski definition) is 8. The summed E-state index contributed by atoms with van der Waals surface area (Å²) in [4.78, 5) is 3.96. The molecule has 0 radical (unpaired) electrons. The number of aliphatic hydroxyl groups excluding tert-OH is 2. The Morgan fingerprint density at radius 3 is 2.03 bits per heavy atom. The van der Waals surface area contributed by atoms with Crippen LogP contribution in [-0.4, -0.2) is 42.1 Å². The van der Waals surface area contributed by atoms with Crippen LogP contribution in [0.3, 0.4) is 0 Å². The third kappa shape index (κ3) is 6.10. The van der Waals surface area contributed by atoms with Crippen molar-refractivity contribution in [1.29, 1.82) is 15.8 Å². The van der Waals surface area contributed by atoms with Crippen molar-refractivity contribution in [2.45, 2.75) is 19.4 Å². The second-order valence-electron chi connectivity index (χ2n) is 8.37. The number of hydrogen-bond donors (Lipinski definition) is 2. The van der Waals surface area contributed by atoms with E-state index < -0.39 is 5.60 Å². The minimum atomic E-state index is -0.841. The van der Waals surface area contributed by atoms with Crippen molar-refractivity contribution >= 4 is 35.3 Å². The van der Waals surface area contributed by atoms with E-state index in [-0.39, 0.29) is 30.1 Å². The van der Waals surface area contributed by atoms with Crippen molar-refractivity contribution < 1.29 is 14.9 Å². The zero-order valence-corrected chi connectivity index (χ0v) is 20.9. The van der Waals surface area contributed by atoms with Gasteiger partial charge in [0.1, 0.15) is 29.4 Å². The molecule has 1 aromatic carbocycles. The van der Waals surface area contributed by atoms with Crippen molar-refractivity contribution in [3.8, 4) is 18.2 Å². The second kappa shape index (κ2) is 12.0. The molecule has 0 aliphatic carbocycles. The molecule has 0 atom stereocenters. The molecule has 0 amide bonds. The summed E-state index contributed by atoms with van der Waals surface area (Å²) in [7, 11) is 0. The highest BCUT2D eigenvalue weighted by Gasteiger charge is 2.38. The number of benzene rings is 1. The highest BCUT2D eigenvalue weighted by molar-refractivity contribution is 7.13. The first-order valence-electron chi connectivity index (χ1n) is 11.3. The number of aliphatic hydroxyl groups is 2. The first kappa shape index (κ1) is 26.5. The predicted molar refractivity (Wildman–Crippen MR) is 141 cm³/mol. The number of thiophene rings is 1. The molecule has 0 bridgehead atoms. The first-order valence-corrected chi connectivity index (χ1v) is 12.1. The van der Waals surface area contributed by atoms with E-state index in [9.17, 15) is 26.0 Å². The molecule has 3 rings (SSSR count). The number of nitriles is 3. The van der Waals surface area contributed by atoms with E-state index in [1.165, 1.54) is 0 Å². The van der Waals surface area contributed by atoms with Gasteiger partial charge in [0, 0.05) is 34.1 Å². The van der Waals surface area contributed by atoms with Crippen LogP contribution < -0.4 is 4.90 Å². The number of rotatable bonds is 9. The molecule has 1 aliphatic rings. The van der Waals surface area contributed by atoms with Gasteiger partial charge in [-0.05, 0) is 55.8 Å². The predicted octanol–water partition coefficient (Wildman–Crippen LogP) is 4.65. The third-order valence-corrected chi connectivity index (χ3v) is 6.58. The van der Waals surface area contributed by atoms with Crippen LogP contribution in [-0.2, 0) is 4.74 Å². The van der Waals surface area contributed by atoms with Crippen LogP contribution in [0.2, 0.25) is 0 Å². The quantitative estimate of drug-likeness (QED) is 0.482. The average molecular weight is 499 g/mol. The fourth-order valence-corrected chi connectivity index (χ4v) is 4.60. The summed E-state index contributed by atoms with van der Waals surface area (Å²) in [5.41, 5.74) is 1.73. The normalized spacial score (nSPS) is 14.5. The van der Waals surface area contributed by atoms with Gasteiger partial charge in [0.15, 0.2) is 11.3 Å². The lowest BCUT2D eigenvalue weighted by Crippen LogP contribution is -2.29. The van der Waals surface area contributed by atoms with E-state index in [2.05, 4.69) is 6.07 Å². The first-order chi connectivity index (χ1) is 17.4. The van der Waals surface area contributed by atoms with Crippen LogP contribution >= 0.6 is 11.3 Å². The average Bonchev–Trinajstić information content (AvgIpc) is 3.43. The maximum atomic E-state index is 9.65. The van der Waals surface area contributed by atoms with E-state index in [0.717, 1.165) is 21.0 Å². The molecule has 8 heteroatoms. The Hall–Kier alpha value is -4.13. The molecule has 1 aliphatic heterocycles. The fraction of sp³-hybridized carbons (Fsp3) is 0.250. The third-order valence-electron chi connectivity index (χ3n) is 5.56. The van der Waals surface area contributed by atoms with Gasteiger partial charge in [-0.15, -0.1) is 11.3 Å². The Kier molecular flexibility index (Phi) is 8.84. The molecule has 0 saturated carbocycles. The number of nitrogens with zero attached hydrogens (tertiary/aromatic N) is 4. The molecule has 0 fully saturated rings. The summed E-state index contributed by atoms with van der Waals surface area (Å²) >= 11 is 1.58. The van der Waals surface area contributed by atoms with Crippen LogP contribution in [0.15, 0.2) is 65.0 Å². The van der Waals surface area contributed by atoms with Crippen molar-refractivity contribution in [2.75, 3.05) is 31.2 Å². The molecule has 2 N–H and O–H groups in total. The standard InChI is InChI=1S/C28H26N4O3S/c1-28(2)26(25(19-31)27(35-28)21(17-29)18-30)12-11-24-10-9-23(36-24)8-5-20-3-6-22(7-4-20)32(13-15-33)14-16-34/h3-12,33-34H,13-16H2,1-2H3/b8-5+,12-11+. The van der Waals surface area contributed by atoms with E-state index in [0.29, 0.717) is 18.7 Å². The highest BCUT2D eigenvalue weighted by Crippen LogP contribution is 2.40. The Labute approximate surface area is 215 Å². The Morgan fingerprint density at radius 2 is 1.50 bits per heavy atom. The molecule has 36 heavy (non-hydrogen) atoms. The van der Waals surface area contributed by atoms with Crippen LogP contribution in [0.25, 0.3) is 18.2 Å². The molecule has 0 spiro atoms. The summed E-state index contributed by atoms with van der Waals surface area (Å²) < 4.78 is 5.79. The zero-order valence-electron chi connectivity index (χ0n) is 20.1. The minimum absolute atomic E-state index is 0.0229. The number of allylic oxidation sites excluding steroid dienone is 2. The number of ether oxygens (including phenoxy) is 1. The molecule has 7 nitrogen and oxygen atoms in total. The summed E-state index contributed by atoms with van der Waals surface area (Å²) in [6, 6.07) is 17.6. The van der Waals surface area contributed by atoms with Gasteiger partial charge in [-0.3, -0.25) is 0 Å². The van der Waals surface area contributed by atoms with Crippen molar-refractivity contribution in [3.05, 3.63) is 80.3 Å². The summed E-state index contributed by atoms with van der Waals surface area (Å²) in [5, 5.41) is 46.5. The van der Waals surface area contributed by atoms with Crippen LogP contribution in [0, 0.1) is 34.0 Å². The van der Waals surface area contributed by atoms with Gasteiger partial charge in [0.2, 0.25) is 0 Å². The van der Waals surface area contributed by atoms with E-state index in [1.807, 2.05) is 59.5 Å². The topological polar surface area (TPSA) is 124 Å². The van der Waals surface area contributed by atoms with Gasteiger partial charge in [-0.1, -0.05) is 24.3 Å². The molecular formula is C28H26N4O3S. The monoisotopic (exact) mass is 498 g/mol. The molecule has 2 heterocycles. The minimum Gasteiger partial charge on any atom is -0.480 e. The van der Waals surface area contributed by atoms with Crippen molar-refractivity contribution in [2.24, 2.45) is 0 Å². The zero-order chi connectivity index (χ0) is 26.1. The molecule has 0 unspecified atom stereocenters. The Bertz CT molecular complexity index is 1320. The molecular weight excluding hydrogens is 472 g/mol. The smallest absolute Gasteiger partial charge is 0.172 e. The van der Waals surface area contributed by atoms with Gasteiger partial charge >= 0.3 is 0 Å². The van der Waals surface area contributed by atoms with Gasteiger partial charge in [0.25, 0.3) is 0 Å². The Balaban J connectivity index is 1.76. The van der Waals surface area contributed by atoms with Gasteiger partial charge in [-0.25, -0.2) is 0 Å². The summed E-state index contributed by atoms with van der Waals surface area (Å²) in [5.74, 6) is 0.0313. The SMILES string of the molecule is CC1(C)OC(=C(C#N)C#N)C(C#N)=C1/C=C/c1ccc(/C=C/c2ccc(N(CCO)CCO)cc2)s1. The Morgan fingerprint density at radius 1 is 0.917 bits per heavy atom. The summed E-state index contributed by atoms with van der Waals surface area (Å²) in [6.45, 7) is 4.57. The lowest BCUT2D eigenvalue weighted by atomic mass is 9.94. The lowest BCUT2D eigenvalue weighted by molar-refractivity contribution is 0.0954. The molecule has 0 saturated heterocycles. The molecule has 182 valence electrons. The van der Waals surface area contributed by atoms with Crippen LogP contribution in [0.1, 0.15) is 29.2 Å². The lowest BCUT2D eigenvalue weighted by Gasteiger charge is -2.22. The second-order valence-corrected chi connectivity index (χ2v) is 9.52. The van der Waals surface area contributed by atoms with Gasteiger partial charge in [-0.2, -0.15) is 15.8 Å². The van der Waals surface area contributed by atoms with Gasteiger partial charge < -0.3 is 19.8 Å². The van der Waals surface area contributed by atoms with Crippen molar-refractivity contribution in [3.63, 3.8) is 0 Å². The molecule has 1 aromatic heterocycles. The van der Waals surface area contributed by atoms with Crippen molar-refractivity contribution in [1.82, 2.24) is 0 Å². The van der Waals surface area contributed by atoms with E-state index in [1.54, 1.807) is 43.4 Å². The fourth-order valence-electron chi connectivity index (χ4n) is 3.78. The van der Waals surface area contributed by atoms with Crippen LogP contribution in [0.5, 0.6) is 0 Å². The van der Waals surface area contributed by atoms with Gasteiger partial charge in [0.05, 0.1) is 13.2 Å². The number of anilines is 1. The highest BCUT2D eigenvalue weighted by atomic mass is 32.1. The summed E-state index contributed by atoms with van der Waals surface area (Å²) in [6.07, 6.45) is 7.73. The van der Waals surface area contributed by atoms with E-state index in [4.69, 9.17) is 4.74 Å². The maximum Gasteiger partial charge on any atom is 0.172 e.